The lowest BCUT2D eigenvalue weighted by Crippen LogP contribution is -2.35. The smallest absolute Gasteiger partial charge is 0.254 e. The molecule has 1 aromatic rings. The number of hydrogen-bond donors (Lipinski definition) is 1. The molecule has 0 fully saturated rings. The van der Waals surface area contributed by atoms with Crippen molar-refractivity contribution in [1.29, 1.82) is 5.26 Å². The van der Waals surface area contributed by atoms with Crippen molar-refractivity contribution in [2.75, 3.05) is 13.6 Å². The monoisotopic (exact) mass is 245 g/mol. The van der Waals surface area contributed by atoms with Crippen LogP contribution in [0.2, 0.25) is 0 Å². The largest absolute Gasteiger partial charge is 0.338 e. The summed E-state index contributed by atoms with van der Waals surface area (Å²) in [6, 6.07) is 9.47. The molecule has 18 heavy (non-hydrogen) atoms. The SMILES string of the molecule is CC(CC#N)N(C)C(=O)c1ccccc1CCN. The number of rotatable bonds is 5. The molecule has 1 amide bonds. The van der Waals surface area contributed by atoms with E-state index in [9.17, 15) is 4.79 Å². The molecule has 0 aliphatic rings. The lowest BCUT2D eigenvalue weighted by atomic mass is 10.0. The van der Waals surface area contributed by atoms with Gasteiger partial charge in [-0.1, -0.05) is 18.2 Å². The highest BCUT2D eigenvalue weighted by Crippen LogP contribution is 2.14. The first-order valence-corrected chi connectivity index (χ1v) is 6.04. The number of hydrogen-bond acceptors (Lipinski definition) is 3. The Balaban J connectivity index is 2.93. The summed E-state index contributed by atoms with van der Waals surface area (Å²) >= 11 is 0. The van der Waals surface area contributed by atoms with E-state index in [2.05, 4.69) is 6.07 Å². The second kappa shape index (κ2) is 6.77. The van der Waals surface area contributed by atoms with Gasteiger partial charge in [-0.2, -0.15) is 5.26 Å². The van der Waals surface area contributed by atoms with Crippen molar-refractivity contribution in [2.24, 2.45) is 5.73 Å². The molecule has 1 unspecified atom stereocenters. The zero-order valence-corrected chi connectivity index (χ0v) is 10.9. The van der Waals surface area contributed by atoms with E-state index in [1.807, 2.05) is 31.2 Å². The minimum Gasteiger partial charge on any atom is -0.338 e. The molecule has 1 rings (SSSR count). The maximum Gasteiger partial charge on any atom is 0.254 e. The van der Waals surface area contributed by atoms with Crippen LogP contribution in [0.1, 0.15) is 29.3 Å². The quantitative estimate of drug-likeness (QED) is 0.855. The van der Waals surface area contributed by atoms with Crippen molar-refractivity contribution >= 4 is 5.91 Å². The molecule has 0 aromatic heterocycles. The van der Waals surface area contributed by atoms with Crippen LogP contribution in [0.3, 0.4) is 0 Å². The average molecular weight is 245 g/mol. The first-order chi connectivity index (χ1) is 8.61. The normalized spacial score (nSPS) is 11.7. The van der Waals surface area contributed by atoms with E-state index >= 15 is 0 Å². The molecule has 0 heterocycles. The van der Waals surface area contributed by atoms with Crippen molar-refractivity contribution in [3.8, 4) is 6.07 Å². The minimum absolute atomic E-state index is 0.0539. The van der Waals surface area contributed by atoms with Gasteiger partial charge in [-0.15, -0.1) is 0 Å². The molecular weight excluding hydrogens is 226 g/mol. The molecule has 0 saturated carbocycles. The highest BCUT2D eigenvalue weighted by Gasteiger charge is 2.19. The zero-order valence-electron chi connectivity index (χ0n) is 10.9. The van der Waals surface area contributed by atoms with Crippen LogP contribution in [-0.2, 0) is 6.42 Å². The summed E-state index contributed by atoms with van der Waals surface area (Å²) in [6.45, 7) is 2.38. The lowest BCUT2D eigenvalue weighted by Gasteiger charge is -2.24. The van der Waals surface area contributed by atoms with Gasteiger partial charge in [-0.3, -0.25) is 4.79 Å². The summed E-state index contributed by atoms with van der Waals surface area (Å²) in [4.78, 5) is 13.9. The van der Waals surface area contributed by atoms with Crippen LogP contribution in [0, 0.1) is 11.3 Å². The molecule has 1 aromatic carbocycles. The first kappa shape index (κ1) is 14.2. The Morgan fingerprint density at radius 3 is 2.78 bits per heavy atom. The van der Waals surface area contributed by atoms with E-state index in [1.54, 1.807) is 11.9 Å². The molecule has 4 nitrogen and oxygen atoms in total. The van der Waals surface area contributed by atoms with Crippen molar-refractivity contribution in [3.63, 3.8) is 0 Å². The molecule has 2 N–H and O–H groups in total. The van der Waals surface area contributed by atoms with Crippen molar-refractivity contribution in [3.05, 3.63) is 35.4 Å². The third kappa shape index (κ3) is 3.31. The topological polar surface area (TPSA) is 70.1 Å². The van der Waals surface area contributed by atoms with Gasteiger partial charge in [0.2, 0.25) is 0 Å². The van der Waals surface area contributed by atoms with E-state index < -0.39 is 0 Å². The maximum absolute atomic E-state index is 12.3. The predicted octanol–water partition coefficient (Wildman–Crippen LogP) is 1.56. The first-order valence-electron chi connectivity index (χ1n) is 6.04. The fourth-order valence-electron chi connectivity index (χ4n) is 1.76. The molecule has 0 aliphatic carbocycles. The van der Waals surface area contributed by atoms with Gasteiger partial charge in [0.05, 0.1) is 12.5 Å². The number of carbonyl (C=O) groups excluding carboxylic acids is 1. The maximum atomic E-state index is 12.3. The number of nitrogens with two attached hydrogens (primary N) is 1. The molecule has 0 aliphatic heterocycles. The third-order valence-electron chi connectivity index (χ3n) is 3.03. The Labute approximate surface area is 108 Å². The van der Waals surface area contributed by atoms with E-state index in [0.29, 0.717) is 24.9 Å². The number of carbonyl (C=O) groups is 1. The Morgan fingerprint density at radius 1 is 1.50 bits per heavy atom. The molecule has 96 valence electrons. The van der Waals surface area contributed by atoms with E-state index in [1.165, 1.54) is 0 Å². The van der Waals surface area contributed by atoms with Crippen LogP contribution >= 0.6 is 0 Å². The van der Waals surface area contributed by atoms with Gasteiger partial charge in [0.25, 0.3) is 5.91 Å². The second-order valence-corrected chi connectivity index (χ2v) is 4.32. The van der Waals surface area contributed by atoms with Crippen LogP contribution in [0.25, 0.3) is 0 Å². The molecule has 0 radical (unpaired) electrons. The third-order valence-corrected chi connectivity index (χ3v) is 3.03. The summed E-state index contributed by atoms with van der Waals surface area (Å²) in [5.41, 5.74) is 7.18. The predicted molar refractivity (Wildman–Crippen MR) is 71.0 cm³/mol. The van der Waals surface area contributed by atoms with Crippen LogP contribution in [-0.4, -0.2) is 30.4 Å². The Kier molecular flexibility index (Phi) is 5.34. The number of benzene rings is 1. The molecule has 0 spiro atoms. The van der Waals surface area contributed by atoms with Gasteiger partial charge in [-0.25, -0.2) is 0 Å². The van der Waals surface area contributed by atoms with Crippen LogP contribution in [0.5, 0.6) is 0 Å². The van der Waals surface area contributed by atoms with Gasteiger partial charge >= 0.3 is 0 Å². The van der Waals surface area contributed by atoms with Gasteiger partial charge in [0.1, 0.15) is 0 Å². The summed E-state index contributed by atoms with van der Waals surface area (Å²) in [7, 11) is 1.73. The van der Waals surface area contributed by atoms with E-state index in [4.69, 9.17) is 11.0 Å². The average Bonchev–Trinajstić information content (AvgIpc) is 2.38. The molecule has 4 heteroatoms. The number of amides is 1. The van der Waals surface area contributed by atoms with Crippen molar-refractivity contribution in [2.45, 2.75) is 25.8 Å². The van der Waals surface area contributed by atoms with Crippen LogP contribution < -0.4 is 5.73 Å². The second-order valence-electron chi connectivity index (χ2n) is 4.32. The van der Waals surface area contributed by atoms with Gasteiger partial charge < -0.3 is 10.6 Å². The molecule has 1 atom stereocenters. The molecular formula is C14H19N3O. The summed E-state index contributed by atoms with van der Waals surface area (Å²) < 4.78 is 0. The van der Waals surface area contributed by atoms with Crippen molar-refractivity contribution < 1.29 is 4.79 Å². The standard InChI is InChI=1S/C14H19N3O/c1-11(7-9-15)17(2)14(18)13-6-4-3-5-12(13)8-10-16/h3-6,11H,7-8,10,16H2,1-2H3. The Bertz CT molecular complexity index is 451. The summed E-state index contributed by atoms with van der Waals surface area (Å²) in [6.07, 6.45) is 1.02. The van der Waals surface area contributed by atoms with Crippen LogP contribution in [0.15, 0.2) is 24.3 Å². The van der Waals surface area contributed by atoms with Gasteiger partial charge in [0.15, 0.2) is 0 Å². The number of nitriles is 1. The number of nitrogens with zero attached hydrogens (tertiary/aromatic N) is 2. The summed E-state index contributed by atoms with van der Waals surface area (Å²) in [5.74, 6) is -0.0539. The van der Waals surface area contributed by atoms with Gasteiger partial charge in [-0.05, 0) is 31.5 Å². The highest BCUT2D eigenvalue weighted by molar-refractivity contribution is 5.95. The summed E-state index contributed by atoms with van der Waals surface area (Å²) in [5, 5.41) is 8.67. The van der Waals surface area contributed by atoms with E-state index in [-0.39, 0.29) is 11.9 Å². The fraction of sp³-hybridized carbons (Fsp3) is 0.429. The minimum atomic E-state index is -0.0894. The Morgan fingerprint density at radius 2 is 2.17 bits per heavy atom. The Hall–Kier alpha value is -1.86. The zero-order chi connectivity index (χ0) is 13.5. The lowest BCUT2D eigenvalue weighted by molar-refractivity contribution is 0.0745. The van der Waals surface area contributed by atoms with Crippen LogP contribution in [0.4, 0.5) is 0 Å². The molecule has 0 bridgehead atoms. The fourth-order valence-corrected chi connectivity index (χ4v) is 1.76. The van der Waals surface area contributed by atoms with E-state index in [0.717, 1.165) is 5.56 Å². The van der Waals surface area contributed by atoms with Gasteiger partial charge in [0, 0.05) is 18.7 Å². The highest BCUT2D eigenvalue weighted by atomic mass is 16.2. The van der Waals surface area contributed by atoms with Crippen molar-refractivity contribution in [1.82, 2.24) is 4.90 Å². The molecule has 0 saturated heterocycles.